The van der Waals surface area contributed by atoms with Crippen LogP contribution in [0.25, 0.3) is 0 Å². The highest BCUT2D eigenvalue weighted by Crippen LogP contribution is 2.36. The quantitative estimate of drug-likeness (QED) is 0.683. The van der Waals surface area contributed by atoms with Gasteiger partial charge in [0.15, 0.2) is 0 Å². The Morgan fingerprint density at radius 3 is 2.74 bits per heavy atom. The van der Waals surface area contributed by atoms with Crippen molar-refractivity contribution in [1.82, 2.24) is 4.90 Å². The number of hydrogen-bond donors (Lipinski definition) is 1. The summed E-state index contributed by atoms with van der Waals surface area (Å²) in [7, 11) is 0. The Labute approximate surface area is 132 Å². The van der Waals surface area contributed by atoms with Gasteiger partial charge in [0, 0.05) is 12.6 Å². The van der Waals surface area contributed by atoms with Crippen molar-refractivity contribution >= 4 is 5.91 Å². The van der Waals surface area contributed by atoms with E-state index in [4.69, 9.17) is 0 Å². The first-order chi connectivity index (χ1) is 10.8. The number of halogens is 3. The SMILES string of the molecule is CC=CC=CC(=O)N1CC(O)CC1c1cccc(C(F)(F)F)c1. The summed E-state index contributed by atoms with van der Waals surface area (Å²) in [5, 5.41) is 9.83. The lowest BCUT2D eigenvalue weighted by Gasteiger charge is -2.24. The van der Waals surface area contributed by atoms with Crippen molar-refractivity contribution in [3.05, 3.63) is 59.7 Å². The monoisotopic (exact) mass is 325 g/mol. The molecular weight excluding hydrogens is 307 g/mol. The van der Waals surface area contributed by atoms with Gasteiger partial charge >= 0.3 is 6.18 Å². The number of allylic oxidation sites excluding steroid dienone is 3. The van der Waals surface area contributed by atoms with E-state index in [2.05, 4.69) is 0 Å². The van der Waals surface area contributed by atoms with Gasteiger partial charge < -0.3 is 10.0 Å². The van der Waals surface area contributed by atoms with Gasteiger partial charge in [0.1, 0.15) is 0 Å². The summed E-state index contributed by atoms with van der Waals surface area (Å²) in [6.07, 6.45) is 1.40. The third-order valence-corrected chi connectivity index (χ3v) is 3.70. The fourth-order valence-electron chi connectivity index (χ4n) is 2.64. The second-order valence-corrected chi connectivity index (χ2v) is 5.40. The molecule has 1 aromatic carbocycles. The molecule has 0 spiro atoms. The van der Waals surface area contributed by atoms with Crippen molar-refractivity contribution in [1.29, 1.82) is 0 Å². The van der Waals surface area contributed by atoms with E-state index < -0.39 is 23.9 Å². The average molecular weight is 325 g/mol. The molecular formula is C17H18F3NO2. The number of carbonyl (C=O) groups is 1. The molecule has 2 rings (SSSR count). The van der Waals surface area contributed by atoms with Crippen molar-refractivity contribution in [2.75, 3.05) is 6.54 Å². The molecule has 0 bridgehead atoms. The highest BCUT2D eigenvalue weighted by molar-refractivity contribution is 5.88. The first-order valence-electron chi connectivity index (χ1n) is 7.28. The van der Waals surface area contributed by atoms with E-state index in [0.29, 0.717) is 5.56 Å². The number of alkyl halides is 3. The number of rotatable bonds is 3. The molecule has 2 unspecified atom stereocenters. The fourth-order valence-corrected chi connectivity index (χ4v) is 2.64. The maximum absolute atomic E-state index is 12.8. The van der Waals surface area contributed by atoms with Crippen LogP contribution in [0.3, 0.4) is 0 Å². The molecule has 1 amide bonds. The Kier molecular flexibility index (Phi) is 5.26. The summed E-state index contributed by atoms with van der Waals surface area (Å²) in [6.45, 7) is 1.92. The van der Waals surface area contributed by atoms with Gasteiger partial charge in [-0.1, -0.05) is 30.4 Å². The molecule has 0 radical (unpaired) electrons. The largest absolute Gasteiger partial charge is 0.416 e. The standard InChI is InChI=1S/C17H18F3NO2/c1-2-3-4-8-16(23)21-11-14(22)10-15(21)12-6-5-7-13(9-12)17(18,19)20/h2-9,14-15,22H,10-11H2,1H3. The summed E-state index contributed by atoms with van der Waals surface area (Å²) in [5.74, 6) is -0.331. The topological polar surface area (TPSA) is 40.5 Å². The number of aliphatic hydroxyl groups excluding tert-OH is 1. The van der Waals surface area contributed by atoms with Gasteiger partial charge in [-0.05, 0) is 31.0 Å². The van der Waals surface area contributed by atoms with Crippen LogP contribution in [0.1, 0.15) is 30.5 Å². The molecule has 1 saturated heterocycles. The van der Waals surface area contributed by atoms with Gasteiger partial charge in [-0.25, -0.2) is 0 Å². The van der Waals surface area contributed by atoms with Crippen LogP contribution in [-0.2, 0) is 11.0 Å². The van der Waals surface area contributed by atoms with E-state index in [1.165, 1.54) is 17.0 Å². The van der Waals surface area contributed by atoms with Gasteiger partial charge in [0.05, 0.1) is 17.7 Å². The summed E-state index contributed by atoms with van der Waals surface area (Å²) < 4.78 is 38.5. The number of carbonyl (C=O) groups excluding carboxylic acids is 1. The zero-order chi connectivity index (χ0) is 17.0. The minimum absolute atomic E-state index is 0.111. The van der Waals surface area contributed by atoms with Crippen LogP contribution in [0, 0.1) is 0 Å². The Hall–Kier alpha value is -2.08. The lowest BCUT2D eigenvalue weighted by Crippen LogP contribution is -2.30. The minimum Gasteiger partial charge on any atom is -0.391 e. The molecule has 0 saturated carbocycles. The second kappa shape index (κ2) is 7.00. The fraction of sp³-hybridized carbons (Fsp3) is 0.353. The molecule has 0 aromatic heterocycles. The summed E-state index contributed by atoms with van der Waals surface area (Å²) in [6, 6.07) is 4.34. The van der Waals surface area contributed by atoms with E-state index >= 15 is 0 Å². The van der Waals surface area contributed by atoms with Crippen LogP contribution in [0.5, 0.6) is 0 Å². The average Bonchev–Trinajstić information content (AvgIpc) is 2.89. The van der Waals surface area contributed by atoms with Crippen molar-refractivity contribution in [2.45, 2.75) is 31.7 Å². The molecule has 3 nitrogen and oxygen atoms in total. The van der Waals surface area contributed by atoms with Crippen molar-refractivity contribution in [3.63, 3.8) is 0 Å². The van der Waals surface area contributed by atoms with Crippen molar-refractivity contribution < 1.29 is 23.1 Å². The second-order valence-electron chi connectivity index (χ2n) is 5.40. The van der Waals surface area contributed by atoms with Gasteiger partial charge in [-0.2, -0.15) is 13.2 Å². The van der Waals surface area contributed by atoms with Gasteiger partial charge in [-0.3, -0.25) is 4.79 Å². The zero-order valence-corrected chi connectivity index (χ0v) is 12.6. The molecule has 23 heavy (non-hydrogen) atoms. The number of nitrogens with zero attached hydrogens (tertiary/aromatic N) is 1. The van der Waals surface area contributed by atoms with E-state index in [0.717, 1.165) is 12.1 Å². The number of aliphatic hydroxyl groups is 1. The number of amides is 1. The smallest absolute Gasteiger partial charge is 0.391 e. The Morgan fingerprint density at radius 2 is 2.09 bits per heavy atom. The Morgan fingerprint density at radius 1 is 1.35 bits per heavy atom. The lowest BCUT2D eigenvalue weighted by molar-refractivity contribution is -0.137. The predicted octanol–water partition coefficient (Wildman–Crippen LogP) is 3.47. The van der Waals surface area contributed by atoms with Crippen LogP contribution >= 0.6 is 0 Å². The zero-order valence-electron chi connectivity index (χ0n) is 12.6. The number of hydrogen-bond acceptors (Lipinski definition) is 2. The highest BCUT2D eigenvalue weighted by atomic mass is 19.4. The van der Waals surface area contributed by atoms with Crippen LogP contribution < -0.4 is 0 Å². The molecule has 0 aliphatic carbocycles. The van der Waals surface area contributed by atoms with Gasteiger partial charge in [0.25, 0.3) is 0 Å². The lowest BCUT2D eigenvalue weighted by atomic mass is 10.0. The first-order valence-corrected chi connectivity index (χ1v) is 7.28. The molecule has 1 heterocycles. The van der Waals surface area contributed by atoms with Gasteiger partial charge in [0.2, 0.25) is 5.91 Å². The molecule has 1 aliphatic heterocycles. The summed E-state index contributed by atoms with van der Waals surface area (Å²) in [4.78, 5) is 13.6. The van der Waals surface area contributed by atoms with E-state index in [1.807, 2.05) is 0 Å². The molecule has 1 fully saturated rings. The maximum Gasteiger partial charge on any atom is 0.416 e. The van der Waals surface area contributed by atoms with Crippen LogP contribution in [-0.4, -0.2) is 28.6 Å². The molecule has 1 aromatic rings. The molecule has 1 N–H and O–H groups in total. The van der Waals surface area contributed by atoms with Crippen LogP contribution in [0.15, 0.2) is 48.6 Å². The molecule has 6 heteroatoms. The summed E-state index contributed by atoms with van der Waals surface area (Å²) in [5.41, 5.74) is -0.377. The number of likely N-dealkylation sites (tertiary alicyclic amines) is 1. The summed E-state index contributed by atoms with van der Waals surface area (Å²) >= 11 is 0. The van der Waals surface area contributed by atoms with Gasteiger partial charge in [-0.15, -0.1) is 0 Å². The normalized spacial score (nSPS) is 22.4. The molecule has 2 atom stereocenters. The van der Waals surface area contributed by atoms with Crippen LogP contribution in [0.2, 0.25) is 0 Å². The van der Waals surface area contributed by atoms with E-state index in [1.54, 1.807) is 31.2 Å². The first kappa shape index (κ1) is 17.3. The predicted molar refractivity (Wildman–Crippen MR) is 80.5 cm³/mol. The molecule has 1 aliphatic rings. The van der Waals surface area contributed by atoms with Crippen molar-refractivity contribution in [3.8, 4) is 0 Å². The highest BCUT2D eigenvalue weighted by Gasteiger charge is 2.36. The van der Waals surface area contributed by atoms with Crippen molar-refractivity contribution in [2.24, 2.45) is 0 Å². The Balaban J connectivity index is 2.27. The Bertz CT molecular complexity index is 623. The van der Waals surface area contributed by atoms with Crippen LogP contribution in [0.4, 0.5) is 13.2 Å². The maximum atomic E-state index is 12.8. The third kappa shape index (κ3) is 4.22. The number of benzene rings is 1. The molecule has 124 valence electrons. The minimum atomic E-state index is -4.44. The van der Waals surface area contributed by atoms with E-state index in [-0.39, 0.29) is 18.9 Å². The third-order valence-electron chi connectivity index (χ3n) is 3.70. The number of β-amino-alcohol motifs (C(OH)–C–C–N with tert-alkyl or cyclic N) is 1. The van der Waals surface area contributed by atoms with E-state index in [9.17, 15) is 23.1 Å².